The first kappa shape index (κ1) is 15.8. The molecule has 2 rings (SSSR count). The van der Waals surface area contributed by atoms with Crippen LogP contribution in [0.25, 0.3) is 0 Å². The van der Waals surface area contributed by atoms with Crippen LogP contribution in [0.1, 0.15) is 17.8 Å². The van der Waals surface area contributed by atoms with Crippen LogP contribution in [-0.2, 0) is 11.3 Å². The minimum Gasteiger partial charge on any atom is -0.383 e. The molecule has 21 heavy (non-hydrogen) atoms. The number of carbonyl (C=O) groups is 1. The summed E-state index contributed by atoms with van der Waals surface area (Å²) in [4.78, 5) is 12.9. The minimum atomic E-state index is -0.279. The van der Waals surface area contributed by atoms with Gasteiger partial charge in [0.25, 0.3) is 0 Å². The highest BCUT2D eigenvalue weighted by Crippen LogP contribution is 2.26. The molecule has 2 N–H and O–H groups in total. The molecular weight excluding hydrogens is 312 g/mol. The first-order valence-electron chi connectivity index (χ1n) is 6.42. The Kier molecular flexibility index (Phi) is 5.60. The van der Waals surface area contributed by atoms with Gasteiger partial charge in [-0.3, -0.25) is 4.68 Å². The molecule has 0 fully saturated rings. The van der Waals surface area contributed by atoms with Gasteiger partial charge in [0.2, 0.25) is 0 Å². The average Bonchev–Trinajstić information content (AvgIpc) is 3.05. The monoisotopic (exact) mass is 328 g/mol. The fourth-order valence-corrected chi connectivity index (χ4v) is 2.79. The zero-order valence-corrected chi connectivity index (χ0v) is 13.4. The van der Waals surface area contributed by atoms with Crippen LogP contribution in [0.2, 0.25) is 4.34 Å². The Morgan fingerprint density at radius 1 is 1.57 bits per heavy atom. The quantitative estimate of drug-likeness (QED) is 0.856. The van der Waals surface area contributed by atoms with E-state index in [2.05, 4.69) is 15.7 Å². The molecule has 8 heteroatoms. The topological polar surface area (TPSA) is 68.2 Å². The second-order valence-corrected chi connectivity index (χ2v) is 6.19. The molecule has 2 aromatic heterocycles. The summed E-state index contributed by atoms with van der Waals surface area (Å²) in [6.07, 6.45) is 3.35. The molecule has 0 saturated heterocycles. The van der Waals surface area contributed by atoms with Crippen molar-refractivity contribution in [3.8, 4) is 0 Å². The maximum Gasteiger partial charge on any atom is 0.319 e. The predicted octanol–water partition coefficient (Wildman–Crippen LogP) is 3.13. The molecular formula is C13H17ClN4O2S. The van der Waals surface area contributed by atoms with Crippen LogP contribution in [0.3, 0.4) is 0 Å². The zero-order chi connectivity index (χ0) is 15.2. The first-order valence-corrected chi connectivity index (χ1v) is 7.62. The Morgan fingerprint density at radius 3 is 3.05 bits per heavy atom. The van der Waals surface area contributed by atoms with Gasteiger partial charge in [0.1, 0.15) is 0 Å². The third-order valence-electron chi connectivity index (χ3n) is 2.78. The number of urea groups is 1. The molecule has 0 spiro atoms. The lowest BCUT2D eigenvalue weighted by Gasteiger charge is -2.12. The number of rotatable bonds is 6. The minimum absolute atomic E-state index is 0.106. The Hall–Kier alpha value is -1.57. The fourth-order valence-electron chi connectivity index (χ4n) is 1.73. The first-order chi connectivity index (χ1) is 10.1. The van der Waals surface area contributed by atoms with Gasteiger partial charge in [-0.05, 0) is 19.1 Å². The summed E-state index contributed by atoms with van der Waals surface area (Å²) in [6.45, 7) is 3.12. The molecule has 2 aromatic rings. The number of methoxy groups -OCH3 is 1. The molecule has 0 aliphatic carbocycles. The standard InChI is InChI=1S/C13H17ClN4O2S/c1-9(11-3-4-12(14)21-11)16-13(19)17-10-7-15-18(8-10)5-6-20-2/h3-4,7-9H,5-6H2,1-2H3,(H2,16,17,19)/t9-/m1/s1. The molecule has 2 heterocycles. The van der Waals surface area contributed by atoms with Crippen molar-refractivity contribution >= 4 is 34.7 Å². The fraction of sp³-hybridized carbons (Fsp3) is 0.385. The van der Waals surface area contributed by atoms with Gasteiger partial charge in [-0.15, -0.1) is 11.3 Å². The number of nitrogens with zero attached hydrogens (tertiary/aromatic N) is 2. The molecule has 0 unspecified atom stereocenters. The van der Waals surface area contributed by atoms with E-state index in [1.54, 1.807) is 24.2 Å². The number of anilines is 1. The van der Waals surface area contributed by atoms with Gasteiger partial charge < -0.3 is 15.4 Å². The predicted molar refractivity (Wildman–Crippen MR) is 84.0 cm³/mol. The lowest BCUT2D eigenvalue weighted by atomic mass is 10.3. The molecule has 0 saturated carbocycles. The number of hydrogen-bond donors (Lipinski definition) is 2. The Balaban J connectivity index is 1.85. The maximum absolute atomic E-state index is 11.9. The van der Waals surface area contributed by atoms with Gasteiger partial charge in [-0.25, -0.2) is 4.79 Å². The van der Waals surface area contributed by atoms with Crippen molar-refractivity contribution in [2.45, 2.75) is 19.5 Å². The number of halogens is 1. The zero-order valence-electron chi connectivity index (χ0n) is 11.8. The number of aromatic nitrogens is 2. The molecule has 0 aliphatic heterocycles. The van der Waals surface area contributed by atoms with Crippen LogP contribution in [0, 0.1) is 0 Å². The number of carbonyl (C=O) groups excluding carboxylic acids is 1. The molecule has 0 radical (unpaired) electrons. The summed E-state index contributed by atoms with van der Waals surface area (Å²) in [5.41, 5.74) is 0.639. The lowest BCUT2D eigenvalue weighted by molar-refractivity contribution is 0.183. The summed E-state index contributed by atoms with van der Waals surface area (Å²) >= 11 is 7.33. The van der Waals surface area contributed by atoms with E-state index in [4.69, 9.17) is 16.3 Å². The second kappa shape index (κ2) is 7.44. The van der Waals surface area contributed by atoms with Crippen molar-refractivity contribution in [2.24, 2.45) is 0 Å². The highest BCUT2D eigenvalue weighted by molar-refractivity contribution is 7.16. The third-order valence-corrected chi connectivity index (χ3v) is 4.20. The molecule has 2 amide bonds. The number of thiophene rings is 1. The van der Waals surface area contributed by atoms with Crippen molar-refractivity contribution in [3.63, 3.8) is 0 Å². The second-order valence-electron chi connectivity index (χ2n) is 4.45. The van der Waals surface area contributed by atoms with Crippen LogP contribution in [0.4, 0.5) is 10.5 Å². The van der Waals surface area contributed by atoms with Crippen LogP contribution >= 0.6 is 22.9 Å². The van der Waals surface area contributed by atoms with E-state index >= 15 is 0 Å². The normalized spacial score (nSPS) is 12.1. The highest BCUT2D eigenvalue weighted by atomic mass is 35.5. The average molecular weight is 329 g/mol. The Bertz CT molecular complexity index is 599. The van der Waals surface area contributed by atoms with E-state index in [0.29, 0.717) is 23.2 Å². The van der Waals surface area contributed by atoms with Crippen LogP contribution < -0.4 is 10.6 Å². The van der Waals surface area contributed by atoms with Gasteiger partial charge in [0.15, 0.2) is 0 Å². The van der Waals surface area contributed by atoms with E-state index < -0.39 is 0 Å². The van der Waals surface area contributed by atoms with Crippen LogP contribution in [0.5, 0.6) is 0 Å². The van der Waals surface area contributed by atoms with E-state index in [1.807, 2.05) is 19.1 Å². The van der Waals surface area contributed by atoms with Gasteiger partial charge in [0.05, 0.1) is 35.4 Å². The molecule has 0 bridgehead atoms. The SMILES string of the molecule is COCCn1cc(NC(=O)N[C@H](C)c2ccc(Cl)s2)cn1. The smallest absolute Gasteiger partial charge is 0.319 e. The number of hydrogen-bond acceptors (Lipinski definition) is 4. The highest BCUT2D eigenvalue weighted by Gasteiger charge is 2.12. The van der Waals surface area contributed by atoms with Crippen LogP contribution in [-0.4, -0.2) is 29.5 Å². The third kappa shape index (κ3) is 4.73. The summed E-state index contributed by atoms with van der Waals surface area (Å²) in [5.74, 6) is 0. The summed E-state index contributed by atoms with van der Waals surface area (Å²) in [6, 6.07) is 3.34. The number of nitrogens with one attached hydrogen (secondary N) is 2. The summed E-state index contributed by atoms with van der Waals surface area (Å²) in [7, 11) is 1.63. The van der Waals surface area contributed by atoms with Crippen molar-refractivity contribution in [1.29, 1.82) is 0 Å². The van der Waals surface area contributed by atoms with Crippen LogP contribution in [0.15, 0.2) is 24.5 Å². The van der Waals surface area contributed by atoms with Crippen molar-refractivity contribution in [2.75, 3.05) is 19.0 Å². The lowest BCUT2D eigenvalue weighted by Crippen LogP contribution is -2.30. The van der Waals surface area contributed by atoms with Gasteiger partial charge in [0, 0.05) is 18.2 Å². The van der Waals surface area contributed by atoms with Gasteiger partial charge in [-0.1, -0.05) is 11.6 Å². The van der Waals surface area contributed by atoms with E-state index in [9.17, 15) is 4.79 Å². The summed E-state index contributed by atoms with van der Waals surface area (Å²) < 4.78 is 7.39. The Labute approximate surface area is 132 Å². The number of amides is 2. The Morgan fingerprint density at radius 2 is 2.38 bits per heavy atom. The maximum atomic E-state index is 11.9. The van der Waals surface area contributed by atoms with Gasteiger partial charge >= 0.3 is 6.03 Å². The van der Waals surface area contributed by atoms with E-state index in [-0.39, 0.29) is 12.1 Å². The van der Waals surface area contributed by atoms with Crippen molar-refractivity contribution < 1.29 is 9.53 Å². The van der Waals surface area contributed by atoms with Gasteiger partial charge in [-0.2, -0.15) is 5.10 Å². The molecule has 114 valence electrons. The molecule has 0 aromatic carbocycles. The largest absolute Gasteiger partial charge is 0.383 e. The molecule has 1 atom stereocenters. The molecule has 6 nitrogen and oxygen atoms in total. The number of ether oxygens (including phenoxy) is 1. The van der Waals surface area contributed by atoms with E-state index in [0.717, 1.165) is 4.88 Å². The van der Waals surface area contributed by atoms with Crippen molar-refractivity contribution in [1.82, 2.24) is 15.1 Å². The van der Waals surface area contributed by atoms with E-state index in [1.165, 1.54) is 11.3 Å². The molecule has 0 aliphatic rings. The van der Waals surface area contributed by atoms with Crippen molar-refractivity contribution in [3.05, 3.63) is 33.7 Å². The summed E-state index contributed by atoms with van der Waals surface area (Å²) in [5, 5.41) is 9.72.